The number of aliphatic hydroxyl groups excluding tert-OH is 3. The largest absolute Gasteiger partial charge is 0.490 e. The predicted molar refractivity (Wildman–Crippen MR) is 76.8 cm³/mol. The van der Waals surface area contributed by atoms with Gasteiger partial charge in [0, 0.05) is 6.42 Å². The van der Waals surface area contributed by atoms with Crippen LogP contribution in [0.25, 0.3) is 0 Å². The van der Waals surface area contributed by atoms with E-state index < -0.39 is 50.1 Å². The quantitative estimate of drug-likeness (QED) is 0.119. The van der Waals surface area contributed by atoms with E-state index in [1.54, 1.807) is 0 Å². The molecule has 0 saturated heterocycles. The molecule has 17 nitrogen and oxygen atoms in total. The molecule has 26 heavy (non-hydrogen) atoms. The highest BCUT2D eigenvalue weighted by atomic mass is 31.3. The van der Waals surface area contributed by atoms with Crippen molar-refractivity contribution in [1.29, 1.82) is 0 Å². The van der Waals surface area contributed by atoms with Gasteiger partial charge in [0.1, 0.15) is 12.4 Å². The van der Waals surface area contributed by atoms with Crippen molar-refractivity contribution in [2.24, 2.45) is 0 Å². The van der Waals surface area contributed by atoms with Crippen molar-refractivity contribution in [3.05, 3.63) is 0 Å². The third-order valence-electron chi connectivity index (χ3n) is 1.59. The number of aliphatic hydroxyl groups is 3. The van der Waals surface area contributed by atoms with Gasteiger partial charge in [0.15, 0.2) is 0 Å². The van der Waals surface area contributed by atoms with Gasteiger partial charge in [-0.1, -0.05) is 0 Å². The van der Waals surface area contributed by atoms with E-state index in [4.69, 9.17) is 44.7 Å². The van der Waals surface area contributed by atoms with Crippen molar-refractivity contribution in [2.75, 3.05) is 6.61 Å². The Labute approximate surface area is 144 Å². The van der Waals surface area contributed by atoms with Crippen LogP contribution < -0.4 is 0 Å². The molecule has 0 fully saturated rings. The van der Waals surface area contributed by atoms with Crippen LogP contribution in [0.15, 0.2) is 0 Å². The van der Waals surface area contributed by atoms with E-state index in [1.807, 2.05) is 0 Å². The van der Waals surface area contributed by atoms with Crippen molar-refractivity contribution >= 4 is 37.6 Å². The first kappa shape index (κ1) is 28.3. The Balaban J connectivity index is 0. The lowest BCUT2D eigenvalue weighted by Gasteiger charge is -2.15. The molecular formula is C5H16O17P4. The van der Waals surface area contributed by atoms with Crippen molar-refractivity contribution < 1.29 is 80.7 Å². The minimum absolute atomic E-state index is 0.137. The van der Waals surface area contributed by atoms with Gasteiger partial charge in [0.2, 0.25) is 0 Å². The molecule has 4 atom stereocenters. The van der Waals surface area contributed by atoms with Crippen LogP contribution in [0.2, 0.25) is 0 Å². The standard InChI is InChI=1S/C5H10O4.H6O13P4/c6-2-1-4(8)5(9)3-7;1-14(2,3)11-16(7,8)13-17(9,10)12-15(4,5)6/h2,4-5,7-9H,1,3H2;(H,7,8)(H,9,10)(H2,1,2,3)(H2,4,5,6)/t4-,5+;/m0./s1. The summed E-state index contributed by atoms with van der Waals surface area (Å²) in [5, 5.41) is 25.5. The maximum Gasteiger partial charge on any atom is 0.490 e. The van der Waals surface area contributed by atoms with Gasteiger partial charge in [-0.05, 0) is 0 Å². The molecule has 9 N–H and O–H groups in total. The summed E-state index contributed by atoms with van der Waals surface area (Å²) in [5.74, 6) is 0. The zero-order valence-corrected chi connectivity index (χ0v) is 15.8. The first-order chi connectivity index (χ1) is 11.3. The van der Waals surface area contributed by atoms with Gasteiger partial charge in [-0.15, -0.1) is 0 Å². The van der Waals surface area contributed by atoms with E-state index in [1.165, 1.54) is 0 Å². The molecule has 21 heteroatoms. The van der Waals surface area contributed by atoms with Crippen LogP contribution >= 0.6 is 31.3 Å². The second kappa shape index (κ2) is 11.2. The lowest BCUT2D eigenvalue weighted by Crippen LogP contribution is -2.29. The normalized spacial score (nSPS) is 19.3. The van der Waals surface area contributed by atoms with Crippen molar-refractivity contribution in [2.45, 2.75) is 18.6 Å². The van der Waals surface area contributed by atoms with Crippen molar-refractivity contribution in [3.63, 3.8) is 0 Å². The van der Waals surface area contributed by atoms with Crippen LogP contribution in [-0.4, -0.2) is 69.8 Å². The van der Waals surface area contributed by atoms with Crippen LogP contribution in [0.4, 0.5) is 0 Å². The molecule has 0 aliphatic heterocycles. The average Bonchev–Trinajstić information content (AvgIpc) is 2.30. The van der Waals surface area contributed by atoms with Crippen LogP contribution in [-0.2, 0) is 36.0 Å². The molecule has 0 aliphatic carbocycles. The molecule has 2 unspecified atom stereocenters. The Hall–Kier alpha value is 0.110. The number of carbonyl (C=O) groups is 1. The molecular weight excluding hydrogens is 456 g/mol. The Morgan fingerprint density at radius 2 is 1.08 bits per heavy atom. The summed E-state index contributed by atoms with van der Waals surface area (Å²) in [6, 6.07) is 0. The highest BCUT2D eigenvalue weighted by Crippen LogP contribution is 2.69. The SMILES string of the molecule is O=CC[C@H](O)[C@H](O)CO.O=P(O)(O)OP(=O)(O)OP(=O)(O)OP(=O)(O)O. The van der Waals surface area contributed by atoms with Gasteiger partial charge >= 0.3 is 31.3 Å². The van der Waals surface area contributed by atoms with E-state index in [2.05, 4.69) is 12.9 Å². The number of phosphoric acid groups is 4. The fourth-order valence-electron chi connectivity index (χ4n) is 0.806. The number of hydrogen-bond acceptors (Lipinski definition) is 11. The lowest BCUT2D eigenvalue weighted by molar-refractivity contribution is -0.111. The third-order valence-corrected chi connectivity index (χ3v) is 6.60. The highest BCUT2D eigenvalue weighted by molar-refractivity contribution is 7.69. The molecule has 0 spiro atoms. The fraction of sp³-hybridized carbons (Fsp3) is 0.800. The van der Waals surface area contributed by atoms with Gasteiger partial charge in [-0.3, -0.25) is 0 Å². The van der Waals surface area contributed by atoms with Crippen LogP contribution in [0.5, 0.6) is 0 Å². The third kappa shape index (κ3) is 17.5. The van der Waals surface area contributed by atoms with E-state index in [0.717, 1.165) is 0 Å². The van der Waals surface area contributed by atoms with E-state index in [-0.39, 0.29) is 6.42 Å². The lowest BCUT2D eigenvalue weighted by atomic mass is 10.2. The summed E-state index contributed by atoms with van der Waals surface area (Å²) >= 11 is 0. The predicted octanol–water partition coefficient (Wildman–Crippen LogP) is -2.29. The molecule has 0 aromatic carbocycles. The second-order valence-electron chi connectivity index (χ2n) is 3.88. The molecule has 0 radical (unpaired) electrons. The van der Waals surface area contributed by atoms with E-state index in [0.29, 0.717) is 6.29 Å². The van der Waals surface area contributed by atoms with Crippen molar-refractivity contribution in [1.82, 2.24) is 0 Å². The van der Waals surface area contributed by atoms with E-state index in [9.17, 15) is 23.1 Å². The number of carbonyl (C=O) groups excluding carboxylic acids is 1. The zero-order valence-electron chi connectivity index (χ0n) is 12.2. The Kier molecular flexibility index (Phi) is 12.2. The van der Waals surface area contributed by atoms with Gasteiger partial charge in [-0.2, -0.15) is 12.9 Å². The van der Waals surface area contributed by atoms with E-state index >= 15 is 0 Å². The molecule has 0 heterocycles. The van der Waals surface area contributed by atoms with Gasteiger partial charge in [-0.25, -0.2) is 18.3 Å². The highest BCUT2D eigenvalue weighted by Gasteiger charge is 2.43. The molecule has 0 bridgehead atoms. The van der Waals surface area contributed by atoms with Crippen LogP contribution in [0.3, 0.4) is 0 Å². The number of aldehydes is 1. The summed E-state index contributed by atoms with van der Waals surface area (Å²) in [6.45, 7) is -0.519. The second-order valence-corrected chi connectivity index (χ2v) is 9.68. The maximum absolute atomic E-state index is 10.7. The van der Waals surface area contributed by atoms with Gasteiger partial charge in [0.25, 0.3) is 0 Å². The molecule has 158 valence electrons. The molecule has 0 saturated carbocycles. The topological polar surface area (TPSA) is 295 Å². The summed E-state index contributed by atoms with van der Waals surface area (Å²) in [6.07, 6.45) is -1.98. The molecule has 0 amide bonds. The number of rotatable bonds is 10. The minimum atomic E-state index is -5.77. The van der Waals surface area contributed by atoms with Crippen LogP contribution in [0, 0.1) is 0 Å². The smallest absolute Gasteiger partial charge is 0.394 e. The minimum Gasteiger partial charge on any atom is -0.394 e. The Morgan fingerprint density at radius 3 is 1.31 bits per heavy atom. The first-order valence-corrected chi connectivity index (χ1v) is 11.7. The zero-order chi connectivity index (χ0) is 21.4. The van der Waals surface area contributed by atoms with Crippen LogP contribution in [0.1, 0.15) is 6.42 Å². The molecule has 0 rings (SSSR count). The summed E-state index contributed by atoms with van der Waals surface area (Å²) in [5.41, 5.74) is 0. The summed E-state index contributed by atoms with van der Waals surface area (Å²) < 4.78 is 50.9. The molecule has 0 aromatic heterocycles. The Bertz CT molecular complexity index is 575. The van der Waals surface area contributed by atoms with Gasteiger partial charge < -0.3 is 49.5 Å². The summed E-state index contributed by atoms with van der Waals surface area (Å²) in [4.78, 5) is 59.1. The molecule has 0 aromatic rings. The number of hydrogen-bond donors (Lipinski definition) is 9. The average molecular weight is 472 g/mol. The fourth-order valence-corrected chi connectivity index (χ4v) is 4.78. The van der Waals surface area contributed by atoms with Crippen molar-refractivity contribution in [3.8, 4) is 0 Å². The van der Waals surface area contributed by atoms with Gasteiger partial charge in [0.05, 0.1) is 12.7 Å². The monoisotopic (exact) mass is 472 g/mol. The molecule has 0 aliphatic rings. The Morgan fingerprint density at radius 1 is 0.731 bits per heavy atom. The maximum atomic E-state index is 10.7. The first-order valence-electron chi connectivity index (χ1n) is 5.65. The summed E-state index contributed by atoms with van der Waals surface area (Å²) in [7, 11) is -22.6.